The molecule has 0 aliphatic carbocycles. The van der Waals surface area contributed by atoms with Gasteiger partial charge in [0.2, 0.25) is 5.91 Å². The predicted molar refractivity (Wildman–Crippen MR) is 88.0 cm³/mol. The maximum atomic E-state index is 12.7. The smallest absolute Gasteiger partial charge is 0.243 e. The molecule has 118 valence electrons. The van der Waals surface area contributed by atoms with Crippen molar-refractivity contribution in [2.24, 2.45) is 5.92 Å². The summed E-state index contributed by atoms with van der Waals surface area (Å²) in [5, 5.41) is 13.7. The number of nitrogens with one attached hydrogen (secondary N) is 2. The molecule has 0 unspecified atom stereocenters. The summed E-state index contributed by atoms with van der Waals surface area (Å²) in [6, 6.07) is 5.59. The number of benzene rings is 1. The Morgan fingerprint density at radius 3 is 2.86 bits per heavy atom. The number of nitrogens with zero attached hydrogens (tertiary/aromatic N) is 1. The number of aromatic nitrogens is 1. The van der Waals surface area contributed by atoms with Gasteiger partial charge in [0.25, 0.3) is 0 Å². The van der Waals surface area contributed by atoms with Gasteiger partial charge in [0, 0.05) is 29.8 Å². The Labute approximate surface area is 130 Å². The van der Waals surface area contributed by atoms with Gasteiger partial charge in [0.1, 0.15) is 6.04 Å². The summed E-state index contributed by atoms with van der Waals surface area (Å²) in [5.41, 5.74) is 3.25. The van der Waals surface area contributed by atoms with Crippen LogP contribution in [0, 0.1) is 5.92 Å². The first-order valence-electron chi connectivity index (χ1n) is 7.76. The average molecular weight is 301 g/mol. The molecule has 22 heavy (non-hydrogen) atoms. The van der Waals surface area contributed by atoms with Crippen molar-refractivity contribution in [1.82, 2.24) is 10.3 Å². The number of anilines is 1. The fraction of sp³-hybridized carbons (Fsp3) is 0.471. The van der Waals surface area contributed by atoms with Crippen molar-refractivity contribution in [2.45, 2.75) is 32.4 Å². The molecule has 3 N–H and O–H groups in total. The predicted octanol–water partition coefficient (Wildman–Crippen LogP) is 1.66. The molecular formula is C17H23N3O2. The summed E-state index contributed by atoms with van der Waals surface area (Å²) in [6.45, 7) is 4.03. The normalized spacial score (nSPS) is 22.4. The molecule has 0 radical (unpaired) electrons. The van der Waals surface area contributed by atoms with Gasteiger partial charge >= 0.3 is 0 Å². The number of hydrogen-bond acceptors (Lipinski definition) is 3. The fourth-order valence-corrected chi connectivity index (χ4v) is 3.48. The van der Waals surface area contributed by atoms with Crippen LogP contribution in [0.1, 0.15) is 19.4 Å². The first-order chi connectivity index (χ1) is 10.5. The number of carbonyl (C=O) groups excluding carboxylic acids is 1. The van der Waals surface area contributed by atoms with Crippen molar-refractivity contribution in [1.29, 1.82) is 0 Å². The van der Waals surface area contributed by atoms with Gasteiger partial charge in [-0.25, -0.2) is 0 Å². The van der Waals surface area contributed by atoms with Crippen LogP contribution in [0.2, 0.25) is 0 Å². The van der Waals surface area contributed by atoms with Crippen molar-refractivity contribution >= 4 is 22.5 Å². The second-order valence-electron chi connectivity index (χ2n) is 6.41. The molecule has 2 heterocycles. The van der Waals surface area contributed by atoms with Crippen molar-refractivity contribution in [3.8, 4) is 0 Å². The number of aliphatic hydroxyl groups excluding tert-OH is 1. The Hall–Kier alpha value is -2.01. The third kappa shape index (κ3) is 2.35. The standard InChI is InChI=1S/C17H23N3O2/c1-10(2)16-17(22)19-12(9-21)7-11-8-18-13-5-4-6-14(15(11)13)20(16)3/h4-6,8,10,12,16,18,21H,7,9H2,1-3H3,(H,19,22)/t12-,16+/m0/s1. The van der Waals surface area contributed by atoms with Gasteiger partial charge in [-0.3, -0.25) is 4.79 Å². The van der Waals surface area contributed by atoms with E-state index in [0.29, 0.717) is 6.42 Å². The number of aromatic amines is 1. The van der Waals surface area contributed by atoms with Gasteiger partial charge in [-0.05, 0) is 30.0 Å². The Bertz CT molecular complexity index is 692. The highest BCUT2D eigenvalue weighted by atomic mass is 16.3. The molecule has 2 atom stereocenters. The number of H-pyrrole nitrogens is 1. The lowest BCUT2D eigenvalue weighted by molar-refractivity contribution is -0.124. The second kappa shape index (κ2) is 5.65. The molecule has 1 aromatic heterocycles. The Kier molecular flexibility index (Phi) is 3.83. The molecule has 1 aliphatic rings. The van der Waals surface area contributed by atoms with Crippen LogP contribution in [-0.4, -0.2) is 41.7 Å². The number of rotatable bonds is 2. The lowest BCUT2D eigenvalue weighted by Crippen LogP contribution is -2.52. The fourth-order valence-electron chi connectivity index (χ4n) is 3.48. The minimum absolute atomic E-state index is 0.0253. The number of hydrogen-bond donors (Lipinski definition) is 3. The number of amides is 1. The van der Waals surface area contributed by atoms with E-state index in [9.17, 15) is 9.90 Å². The van der Waals surface area contributed by atoms with E-state index in [2.05, 4.69) is 21.3 Å². The monoisotopic (exact) mass is 301 g/mol. The first kappa shape index (κ1) is 14.9. The van der Waals surface area contributed by atoms with Crippen LogP contribution in [0.5, 0.6) is 0 Å². The molecule has 2 aromatic rings. The van der Waals surface area contributed by atoms with E-state index in [0.717, 1.165) is 22.2 Å². The lowest BCUT2D eigenvalue weighted by Gasteiger charge is -2.32. The van der Waals surface area contributed by atoms with Gasteiger partial charge in [-0.15, -0.1) is 0 Å². The minimum Gasteiger partial charge on any atom is -0.394 e. The van der Waals surface area contributed by atoms with E-state index in [1.54, 1.807) is 0 Å². The third-order valence-corrected chi connectivity index (χ3v) is 4.50. The second-order valence-corrected chi connectivity index (χ2v) is 6.41. The molecule has 3 rings (SSSR count). The molecule has 1 aliphatic heterocycles. The molecule has 0 fully saturated rings. The van der Waals surface area contributed by atoms with Gasteiger partial charge in [-0.2, -0.15) is 0 Å². The molecule has 5 heteroatoms. The largest absolute Gasteiger partial charge is 0.394 e. The van der Waals surface area contributed by atoms with Gasteiger partial charge < -0.3 is 20.3 Å². The lowest BCUT2D eigenvalue weighted by atomic mass is 10.0. The SMILES string of the molecule is CC(C)[C@@H]1C(=O)N[C@H](CO)Cc2c[nH]c3cccc(c23)N1C. The highest BCUT2D eigenvalue weighted by Crippen LogP contribution is 2.33. The summed E-state index contributed by atoms with van der Waals surface area (Å²) in [5.74, 6) is 0.141. The Morgan fingerprint density at radius 2 is 2.18 bits per heavy atom. The molecule has 0 saturated heterocycles. The minimum atomic E-state index is -0.263. The topological polar surface area (TPSA) is 68.4 Å². The van der Waals surface area contributed by atoms with Gasteiger partial charge in [0.05, 0.1) is 12.6 Å². The van der Waals surface area contributed by atoms with Crippen molar-refractivity contribution in [3.05, 3.63) is 30.0 Å². The molecule has 1 aromatic carbocycles. The zero-order valence-corrected chi connectivity index (χ0v) is 13.3. The zero-order valence-electron chi connectivity index (χ0n) is 13.3. The van der Waals surface area contributed by atoms with E-state index in [1.807, 2.05) is 39.2 Å². The van der Waals surface area contributed by atoms with Crippen LogP contribution in [0.4, 0.5) is 5.69 Å². The quantitative estimate of drug-likeness (QED) is 0.790. The molecular weight excluding hydrogens is 278 g/mol. The third-order valence-electron chi connectivity index (χ3n) is 4.50. The molecule has 1 amide bonds. The maximum absolute atomic E-state index is 12.7. The number of carbonyl (C=O) groups is 1. The van der Waals surface area contributed by atoms with Crippen molar-refractivity contribution in [3.63, 3.8) is 0 Å². The molecule has 5 nitrogen and oxygen atoms in total. The molecule has 0 saturated carbocycles. The van der Waals surface area contributed by atoms with Crippen LogP contribution >= 0.6 is 0 Å². The summed E-state index contributed by atoms with van der Waals surface area (Å²) < 4.78 is 0. The zero-order chi connectivity index (χ0) is 15.9. The van der Waals surface area contributed by atoms with Crippen LogP contribution in [0.25, 0.3) is 10.9 Å². The number of likely N-dealkylation sites (N-methyl/N-ethyl adjacent to an activating group) is 1. The van der Waals surface area contributed by atoms with E-state index >= 15 is 0 Å². The average Bonchev–Trinajstić information content (AvgIpc) is 2.89. The van der Waals surface area contributed by atoms with E-state index in [1.165, 1.54) is 0 Å². The van der Waals surface area contributed by atoms with Crippen LogP contribution in [0.3, 0.4) is 0 Å². The van der Waals surface area contributed by atoms with Gasteiger partial charge in [-0.1, -0.05) is 19.9 Å². The van der Waals surface area contributed by atoms with E-state index in [-0.39, 0.29) is 30.5 Å². The van der Waals surface area contributed by atoms with E-state index < -0.39 is 0 Å². The van der Waals surface area contributed by atoms with E-state index in [4.69, 9.17) is 0 Å². The number of aliphatic hydroxyl groups is 1. The highest BCUT2D eigenvalue weighted by molar-refractivity contribution is 5.98. The van der Waals surface area contributed by atoms with Crippen molar-refractivity contribution < 1.29 is 9.90 Å². The Morgan fingerprint density at radius 1 is 1.41 bits per heavy atom. The van der Waals surface area contributed by atoms with Crippen LogP contribution in [0.15, 0.2) is 24.4 Å². The summed E-state index contributed by atoms with van der Waals surface area (Å²) in [4.78, 5) is 18.0. The maximum Gasteiger partial charge on any atom is 0.243 e. The first-order valence-corrected chi connectivity index (χ1v) is 7.76. The van der Waals surface area contributed by atoms with Crippen LogP contribution < -0.4 is 10.2 Å². The molecule has 0 spiro atoms. The van der Waals surface area contributed by atoms with Crippen molar-refractivity contribution in [2.75, 3.05) is 18.6 Å². The summed E-state index contributed by atoms with van der Waals surface area (Å²) in [6.07, 6.45) is 2.60. The highest BCUT2D eigenvalue weighted by Gasteiger charge is 2.31. The van der Waals surface area contributed by atoms with Gasteiger partial charge in [0.15, 0.2) is 0 Å². The Balaban J connectivity index is 2.20. The van der Waals surface area contributed by atoms with Crippen LogP contribution in [-0.2, 0) is 11.2 Å². The molecule has 0 bridgehead atoms. The summed E-state index contributed by atoms with van der Waals surface area (Å²) in [7, 11) is 1.97. The summed E-state index contributed by atoms with van der Waals surface area (Å²) >= 11 is 0.